The molecule has 1 amide bonds. The van der Waals surface area contributed by atoms with Gasteiger partial charge in [0, 0.05) is 19.1 Å². The highest BCUT2D eigenvalue weighted by Gasteiger charge is 2.20. The Morgan fingerprint density at radius 3 is 3.00 bits per heavy atom. The second-order valence-corrected chi connectivity index (χ2v) is 4.21. The van der Waals surface area contributed by atoms with E-state index >= 15 is 0 Å². The third-order valence-electron chi connectivity index (χ3n) is 2.81. The Labute approximate surface area is 92.0 Å². The van der Waals surface area contributed by atoms with Crippen molar-refractivity contribution in [1.82, 2.24) is 10.2 Å². The first kappa shape index (κ1) is 12.5. The molecule has 1 heterocycles. The smallest absolute Gasteiger partial charge is 0.236 e. The van der Waals surface area contributed by atoms with E-state index in [1.807, 2.05) is 11.8 Å². The van der Waals surface area contributed by atoms with Gasteiger partial charge in [-0.15, -0.1) is 0 Å². The SMILES string of the molecule is CCC(C)NCC(=O)N1CCOC(C)C1. The molecule has 1 aliphatic rings. The average Bonchev–Trinajstić information content (AvgIpc) is 2.25. The minimum Gasteiger partial charge on any atom is -0.375 e. The Morgan fingerprint density at radius 2 is 2.40 bits per heavy atom. The number of hydrogen-bond donors (Lipinski definition) is 1. The number of carbonyl (C=O) groups excluding carboxylic acids is 1. The number of morpholine rings is 1. The Balaban J connectivity index is 2.26. The molecular formula is C11H22N2O2. The van der Waals surface area contributed by atoms with Gasteiger partial charge in [0.05, 0.1) is 19.3 Å². The van der Waals surface area contributed by atoms with Crippen molar-refractivity contribution in [3.63, 3.8) is 0 Å². The van der Waals surface area contributed by atoms with Crippen molar-refractivity contribution in [2.24, 2.45) is 0 Å². The van der Waals surface area contributed by atoms with Crippen LogP contribution in [0, 0.1) is 0 Å². The van der Waals surface area contributed by atoms with Crippen LogP contribution in [0.1, 0.15) is 27.2 Å². The predicted octanol–water partition coefficient (Wildman–Crippen LogP) is 0.622. The van der Waals surface area contributed by atoms with Gasteiger partial charge in [-0.3, -0.25) is 4.79 Å². The highest BCUT2D eigenvalue weighted by Crippen LogP contribution is 2.04. The third-order valence-corrected chi connectivity index (χ3v) is 2.81. The van der Waals surface area contributed by atoms with E-state index in [4.69, 9.17) is 4.74 Å². The normalized spacial score (nSPS) is 23.9. The zero-order valence-corrected chi connectivity index (χ0v) is 9.95. The van der Waals surface area contributed by atoms with Gasteiger partial charge in [0.15, 0.2) is 0 Å². The third kappa shape index (κ3) is 4.18. The van der Waals surface area contributed by atoms with Crippen molar-refractivity contribution in [2.45, 2.75) is 39.3 Å². The Hall–Kier alpha value is -0.610. The molecule has 0 aliphatic carbocycles. The molecule has 1 saturated heterocycles. The molecule has 1 fully saturated rings. The van der Waals surface area contributed by atoms with E-state index in [0.717, 1.165) is 19.5 Å². The molecule has 0 aromatic heterocycles. The first-order valence-electron chi connectivity index (χ1n) is 5.76. The quantitative estimate of drug-likeness (QED) is 0.746. The number of ether oxygens (including phenoxy) is 1. The van der Waals surface area contributed by atoms with Crippen LogP contribution in [0.3, 0.4) is 0 Å². The summed E-state index contributed by atoms with van der Waals surface area (Å²) in [6.45, 7) is 8.76. The lowest BCUT2D eigenvalue weighted by molar-refractivity contribution is -0.137. The lowest BCUT2D eigenvalue weighted by Gasteiger charge is -2.31. The van der Waals surface area contributed by atoms with Crippen molar-refractivity contribution in [1.29, 1.82) is 0 Å². The fraction of sp³-hybridized carbons (Fsp3) is 0.909. The van der Waals surface area contributed by atoms with E-state index in [2.05, 4.69) is 19.2 Å². The molecule has 0 spiro atoms. The number of hydrogen-bond acceptors (Lipinski definition) is 3. The lowest BCUT2D eigenvalue weighted by atomic mass is 10.2. The largest absolute Gasteiger partial charge is 0.375 e. The van der Waals surface area contributed by atoms with Gasteiger partial charge in [0.25, 0.3) is 0 Å². The molecule has 15 heavy (non-hydrogen) atoms. The average molecular weight is 214 g/mol. The van der Waals surface area contributed by atoms with Gasteiger partial charge in [0.1, 0.15) is 0 Å². The zero-order chi connectivity index (χ0) is 11.3. The minimum atomic E-state index is 0.172. The van der Waals surface area contributed by atoms with E-state index in [0.29, 0.717) is 19.2 Å². The van der Waals surface area contributed by atoms with Gasteiger partial charge in [-0.25, -0.2) is 0 Å². The van der Waals surface area contributed by atoms with Crippen LogP contribution in [0.15, 0.2) is 0 Å². The van der Waals surface area contributed by atoms with Crippen LogP contribution in [0.25, 0.3) is 0 Å². The maximum absolute atomic E-state index is 11.8. The van der Waals surface area contributed by atoms with Crippen LogP contribution in [0.4, 0.5) is 0 Å². The maximum Gasteiger partial charge on any atom is 0.236 e. The molecule has 1 N–H and O–H groups in total. The van der Waals surface area contributed by atoms with E-state index in [1.165, 1.54) is 0 Å². The summed E-state index contributed by atoms with van der Waals surface area (Å²) in [6.07, 6.45) is 1.22. The van der Waals surface area contributed by atoms with Crippen molar-refractivity contribution in [3.8, 4) is 0 Å². The van der Waals surface area contributed by atoms with E-state index < -0.39 is 0 Å². The monoisotopic (exact) mass is 214 g/mol. The molecule has 88 valence electrons. The summed E-state index contributed by atoms with van der Waals surface area (Å²) < 4.78 is 5.39. The van der Waals surface area contributed by atoms with Crippen LogP contribution in [-0.4, -0.2) is 49.2 Å². The van der Waals surface area contributed by atoms with Crippen LogP contribution in [-0.2, 0) is 9.53 Å². The van der Waals surface area contributed by atoms with Crippen molar-refractivity contribution in [3.05, 3.63) is 0 Å². The number of nitrogens with one attached hydrogen (secondary N) is 1. The molecule has 0 aromatic rings. The summed E-state index contributed by atoms with van der Waals surface area (Å²) in [5.41, 5.74) is 0. The summed E-state index contributed by atoms with van der Waals surface area (Å²) >= 11 is 0. The van der Waals surface area contributed by atoms with Gasteiger partial charge in [-0.1, -0.05) is 6.92 Å². The number of amides is 1. The zero-order valence-electron chi connectivity index (χ0n) is 9.95. The number of nitrogens with zero attached hydrogens (tertiary/aromatic N) is 1. The first-order chi connectivity index (χ1) is 7.13. The van der Waals surface area contributed by atoms with Gasteiger partial charge >= 0.3 is 0 Å². The summed E-state index contributed by atoms with van der Waals surface area (Å²) in [5.74, 6) is 0.186. The van der Waals surface area contributed by atoms with Crippen LogP contribution in [0.5, 0.6) is 0 Å². The number of carbonyl (C=O) groups is 1. The fourth-order valence-corrected chi connectivity index (χ4v) is 1.56. The van der Waals surface area contributed by atoms with E-state index in [1.54, 1.807) is 0 Å². The molecular weight excluding hydrogens is 192 g/mol. The molecule has 4 heteroatoms. The molecule has 2 unspecified atom stereocenters. The molecule has 0 radical (unpaired) electrons. The van der Waals surface area contributed by atoms with Crippen LogP contribution < -0.4 is 5.32 Å². The highest BCUT2D eigenvalue weighted by atomic mass is 16.5. The molecule has 1 rings (SSSR count). The molecule has 2 atom stereocenters. The Kier molecular flexibility index (Phi) is 5.05. The van der Waals surface area contributed by atoms with Gasteiger partial charge in [-0.05, 0) is 20.3 Å². The topological polar surface area (TPSA) is 41.6 Å². The molecule has 4 nitrogen and oxygen atoms in total. The standard InChI is InChI=1S/C11H22N2O2/c1-4-9(2)12-7-11(14)13-5-6-15-10(3)8-13/h9-10,12H,4-8H2,1-3H3. The number of rotatable bonds is 4. The summed E-state index contributed by atoms with van der Waals surface area (Å²) in [4.78, 5) is 13.7. The van der Waals surface area contributed by atoms with Gasteiger partial charge in [0.2, 0.25) is 5.91 Å². The predicted molar refractivity (Wildman–Crippen MR) is 59.7 cm³/mol. The molecule has 0 aromatic carbocycles. The van der Waals surface area contributed by atoms with Gasteiger partial charge in [-0.2, -0.15) is 0 Å². The fourth-order valence-electron chi connectivity index (χ4n) is 1.56. The summed E-state index contributed by atoms with van der Waals surface area (Å²) in [6, 6.07) is 0.410. The minimum absolute atomic E-state index is 0.172. The second kappa shape index (κ2) is 6.08. The highest BCUT2D eigenvalue weighted by molar-refractivity contribution is 5.78. The van der Waals surface area contributed by atoms with Crippen LogP contribution >= 0.6 is 0 Å². The Bertz CT molecular complexity index is 209. The molecule has 1 aliphatic heterocycles. The second-order valence-electron chi connectivity index (χ2n) is 4.21. The van der Waals surface area contributed by atoms with Crippen molar-refractivity contribution in [2.75, 3.05) is 26.2 Å². The van der Waals surface area contributed by atoms with Crippen molar-refractivity contribution < 1.29 is 9.53 Å². The lowest BCUT2D eigenvalue weighted by Crippen LogP contribution is -2.48. The van der Waals surface area contributed by atoms with Crippen molar-refractivity contribution >= 4 is 5.91 Å². The Morgan fingerprint density at radius 1 is 1.67 bits per heavy atom. The summed E-state index contributed by atoms with van der Waals surface area (Å²) in [5, 5.41) is 3.21. The maximum atomic E-state index is 11.8. The molecule has 0 saturated carbocycles. The molecule has 0 bridgehead atoms. The first-order valence-corrected chi connectivity index (χ1v) is 5.76. The van der Waals surface area contributed by atoms with E-state index in [9.17, 15) is 4.79 Å². The van der Waals surface area contributed by atoms with E-state index in [-0.39, 0.29) is 12.0 Å². The van der Waals surface area contributed by atoms with Crippen LogP contribution in [0.2, 0.25) is 0 Å². The van der Waals surface area contributed by atoms with Gasteiger partial charge < -0.3 is 15.0 Å². The summed E-state index contributed by atoms with van der Waals surface area (Å²) in [7, 11) is 0.